The Balaban J connectivity index is 0.000000431. The zero-order valence-electron chi connectivity index (χ0n) is 12.6. The van der Waals surface area contributed by atoms with Crippen LogP contribution < -0.4 is 5.73 Å². The number of benzene rings is 2. The molecule has 3 rings (SSSR count). The number of fused-ring (bicyclic) bond motifs is 2. The Morgan fingerprint density at radius 1 is 0.731 bits per heavy atom. The zero-order chi connectivity index (χ0) is 19.9. The van der Waals surface area contributed by atoms with Crippen LogP contribution in [0.1, 0.15) is 31.8 Å². The van der Waals surface area contributed by atoms with Gasteiger partial charge in [0.05, 0.1) is 11.3 Å². The summed E-state index contributed by atoms with van der Waals surface area (Å²) in [6, 6.07) is 8.42. The molecule has 0 aromatic heterocycles. The fourth-order valence-corrected chi connectivity index (χ4v) is 3.04. The van der Waals surface area contributed by atoms with Crippen LogP contribution in [0.4, 0.5) is 5.69 Å². The predicted octanol–water partition coefficient (Wildman–Crippen LogP) is 0.638. The van der Waals surface area contributed by atoms with Crippen molar-refractivity contribution < 1.29 is 40.1 Å². The van der Waals surface area contributed by atoms with E-state index in [2.05, 4.69) is 0 Å². The van der Waals surface area contributed by atoms with E-state index in [1.807, 2.05) is 0 Å². The molecule has 5 N–H and O–H groups in total. The summed E-state index contributed by atoms with van der Waals surface area (Å²) in [6.07, 6.45) is 0. The van der Waals surface area contributed by atoms with Crippen molar-refractivity contribution in [2.75, 3.05) is 5.73 Å². The fourth-order valence-electron chi connectivity index (χ4n) is 2.42. The van der Waals surface area contributed by atoms with Crippen molar-refractivity contribution in [2.24, 2.45) is 0 Å². The molecule has 12 heteroatoms. The van der Waals surface area contributed by atoms with E-state index in [-0.39, 0.29) is 22.3 Å². The molecule has 0 saturated carbocycles. The number of ketones is 2. The van der Waals surface area contributed by atoms with Gasteiger partial charge in [-0.05, 0) is 12.1 Å². The Morgan fingerprint density at radius 2 is 1.19 bits per heavy atom. The molecule has 0 atom stereocenters. The molecular formula is C14H11NO9S2. The average Bonchev–Trinajstić information content (AvgIpc) is 2.49. The Bertz CT molecular complexity index is 1130. The molecule has 0 saturated heterocycles. The largest absolute Gasteiger partial charge is 0.397 e. The van der Waals surface area contributed by atoms with Gasteiger partial charge in [-0.3, -0.25) is 23.2 Å². The molecule has 1 aliphatic carbocycles. The van der Waals surface area contributed by atoms with Gasteiger partial charge in [0.25, 0.3) is 10.1 Å². The minimum Gasteiger partial charge on any atom is -0.397 e. The average molecular weight is 401 g/mol. The van der Waals surface area contributed by atoms with Crippen LogP contribution in [-0.2, 0) is 20.5 Å². The van der Waals surface area contributed by atoms with Crippen LogP contribution in [0.5, 0.6) is 0 Å². The maximum Gasteiger partial charge on any atom is 0.394 e. The van der Waals surface area contributed by atoms with Crippen LogP contribution in [0.3, 0.4) is 0 Å². The van der Waals surface area contributed by atoms with E-state index in [4.69, 9.17) is 27.8 Å². The maximum absolute atomic E-state index is 12.4. The minimum absolute atomic E-state index is 0.0311. The Labute approximate surface area is 147 Å². The predicted molar refractivity (Wildman–Crippen MR) is 88.2 cm³/mol. The van der Waals surface area contributed by atoms with Crippen LogP contribution in [0.15, 0.2) is 41.3 Å². The van der Waals surface area contributed by atoms with Gasteiger partial charge in [0.2, 0.25) is 0 Å². The molecule has 0 fully saturated rings. The van der Waals surface area contributed by atoms with Gasteiger partial charge in [-0.2, -0.15) is 16.8 Å². The number of hydrogen-bond acceptors (Lipinski definition) is 7. The monoisotopic (exact) mass is 401 g/mol. The quantitative estimate of drug-likeness (QED) is 0.332. The number of carbonyl (C=O) groups excluding carboxylic acids is 2. The SMILES string of the molecule is Nc1c(S(=O)(=O)O)ccc2c1C(=O)c1ccccc1C2=O.O=S(=O)(O)O. The van der Waals surface area contributed by atoms with Crippen molar-refractivity contribution in [3.05, 3.63) is 58.7 Å². The third-order valence-electron chi connectivity index (χ3n) is 3.37. The highest BCUT2D eigenvalue weighted by Gasteiger charge is 2.33. The van der Waals surface area contributed by atoms with Gasteiger partial charge in [0, 0.05) is 16.7 Å². The summed E-state index contributed by atoms with van der Waals surface area (Å²) in [5, 5.41) is 0. The lowest BCUT2D eigenvalue weighted by Gasteiger charge is -2.19. The number of nitrogens with two attached hydrogens (primary N) is 1. The smallest absolute Gasteiger partial charge is 0.394 e. The normalized spacial score (nSPS) is 13.3. The van der Waals surface area contributed by atoms with Gasteiger partial charge in [-0.1, -0.05) is 24.3 Å². The molecule has 138 valence electrons. The molecule has 0 unspecified atom stereocenters. The molecule has 0 heterocycles. The fraction of sp³-hybridized carbons (Fsp3) is 0. The van der Waals surface area contributed by atoms with Crippen LogP contribution in [0.25, 0.3) is 0 Å². The topological polar surface area (TPSA) is 189 Å². The van der Waals surface area contributed by atoms with Gasteiger partial charge in [-0.15, -0.1) is 0 Å². The van der Waals surface area contributed by atoms with E-state index in [9.17, 15) is 18.0 Å². The molecule has 0 spiro atoms. The highest BCUT2D eigenvalue weighted by molar-refractivity contribution is 7.86. The standard InChI is InChI=1S/C14H9NO5S.H2O4S/c15-12-10(21(18,19)20)6-5-9-11(12)14(17)8-4-2-1-3-7(8)13(9)16;1-5(2,3)4/h1-6H,15H2,(H,18,19,20);(H2,1,2,3,4). The first-order valence-corrected chi connectivity index (χ1v) is 9.44. The highest BCUT2D eigenvalue weighted by atomic mass is 32.3. The van der Waals surface area contributed by atoms with Gasteiger partial charge in [-0.25, -0.2) is 0 Å². The lowest BCUT2D eigenvalue weighted by Crippen LogP contribution is -2.23. The van der Waals surface area contributed by atoms with E-state index >= 15 is 0 Å². The molecule has 2 aromatic rings. The number of carbonyl (C=O) groups is 2. The first kappa shape index (κ1) is 19.7. The molecule has 0 bridgehead atoms. The number of hydrogen-bond donors (Lipinski definition) is 4. The van der Waals surface area contributed by atoms with Crippen molar-refractivity contribution in [1.29, 1.82) is 0 Å². The number of rotatable bonds is 1. The molecule has 2 aromatic carbocycles. The van der Waals surface area contributed by atoms with Crippen LogP contribution in [-0.4, -0.2) is 42.1 Å². The third-order valence-corrected chi connectivity index (χ3v) is 4.28. The second-order valence-corrected chi connectivity index (χ2v) is 7.31. The first-order valence-electron chi connectivity index (χ1n) is 6.60. The lowest BCUT2D eigenvalue weighted by molar-refractivity contribution is 0.0979. The summed E-state index contributed by atoms with van der Waals surface area (Å²) < 4.78 is 63.2. The first-order chi connectivity index (χ1) is 11.8. The van der Waals surface area contributed by atoms with Crippen LogP contribution in [0.2, 0.25) is 0 Å². The van der Waals surface area contributed by atoms with Crippen molar-refractivity contribution in [1.82, 2.24) is 0 Å². The van der Waals surface area contributed by atoms with Crippen LogP contribution >= 0.6 is 0 Å². The van der Waals surface area contributed by atoms with E-state index in [1.54, 1.807) is 12.1 Å². The van der Waals surface area contributed by atoms with Gasteiger partial charge in [0.15, 0.2) is 11.6 Å². The van der Waals surface area contributed by atoms with Crippen molar-refractivity contribution in [3.63, 3.8) is 0 Å². The van der Waals surface area contributed by atoms with Crippen molar-refractivity contribution >= 4 is 37.8 Å². The van der Waals surface area contributed by atoms with E-state index in [0.717, 1.165) is 6.07 Å². The van der Waals surface area contributed by atoms with Gasteiger partial charge < -0.3 is 5.73 Å². The van der Waals surface area contributed by atoms with Crippen molar-refractivity contribution in [3.8, 4) is 0 Å². The molecular weight excluding hydrogens is 390 g/mol. The van der Waals surface area contributed by atoms with Gasteiger partial charge in [0.1, 0.15) is 4.90 Å². The molecule has 0 amide bonds. The van der Waals surface area contributed by atoms with E-state index in [0.29, 0.717) is 0 Å². The Kier molecular flexibility index (Phi) is 4.98. The molecule has 10 nitrogen and oxygen atoms in total. The summed E-state index contributed by atoms with van der Waals surface area (Å²) in [5.74, 6) is -0.947. The summed E-state index contributed by atoms with van der Waals surface area (Å²) in [5.41, 5.74) is 5.52. The zero-order valence-corrected chi connectivity index (χ0v) is 14.3. The third kappa shape index (κ3) is 3.95. The van der Waals surface area contributed by atoms with Gasteiger partial charge >= 0.3 is 10.4 Å². The number of nitrogen functional groups attached to an aromatic ring is 1. The minimum atomic E-state index is -4.67. The molecule has 1 aliphatic rings. The molecule has 0 aliphatic heterocycles. The Morgan fingerprint density at radius 3 is 1.65 bits per heavy atom. The molecule has 0 radical (unpaired) electrons. The maximum atomic E-state index is 12.4. The second-order valence-electron chi connectivity index (χ2n) is 5.03. The summed E-state index contributed by atoms with van der Waals surface area (Å²) in [4.78, 5) is 24.2. The summed E-state index contributed by atoms with van der Waals surface area (Å²) >= 11 is 0. The second kappa shape index (κ2) is 6.59. The highest BCUT2D eigenvalue weighted by Crippen LogP contribution is 2.34. The Hall–Kier alpha value is -2.64. The van der Waals surface area contributed by atoms with Crippen molar-refractivity contribution in [2.45, 2.75) is 4.90 Å². The number of anilines is 1. The summed E-state index contributed by atoms with van der Waals surface area (Å²) in [7, 11) is -9.24. The van der Waals surface area contributed by atoms with E-state index < -0.39 is 42.7 Å². The van der Waals surface area contributed by atoms with E-state index in [1.165, 1.54) is 18.2 Å². The summed E-state index contributed by atoms with van der Waals surface area (Å²) in [6.45, 7) is 0. The molecule has 26 heavy (non-hydrogen) atoms. The van der Waals surface area contributed by atoms with Crippen LogP contribution in [0, 0.1) is 0 Å². The lowest BCUT2D eigenvalue weighted by atomic mass is 9.83.